The Kier molecular flexibility index (Phi) is 7.63. The standard InChI is InChI=1S/C18H34O3/c1-13(11-17(3,4)5)9-15(19)21-16(20)10-14(2)12-18(6,7)8/h13-14H,9-12H2,1-8H3. The van der Waals surface area contributed by atoms with E-state index < -0.39 is 0 Å². The number of carbonyl (C=O) groups excluding carboxylic acids is 2. The maximum Gasteiger partial charge on any atom is 0.313 e. The van der Waals surface area contributed by atoms with Crippen LogP contribution >= 0.6 is 0 Å². The quantitative estimate of drug-likeness (QED) is 0.513. The normalized spacial score (nSPS) is 15.4. The molecule has 0 heterocycles. The Hall–Kier alpha value is -0.860. The molecule has 0 rings (SSSR count). The van der Waals surface area contributed by atoms with E-state index in [1.54, 1.807) is 0 Å². The first-order chi connectivity index (χ1) is 9.28. The second kappa shape index (κ2) is 7.95. The van der Waals surface area contributed by atoms with E-state index in [0.717, 1.165) is 12.8 Å². The molecule has 3 heteroatoms. The van der Waals surface area contributed by atoms with Crippen molar-refractivity contribution in [2.45, 2.75) is 81.1 Å². The van der Waals surface area contributed by atoms with Crippen molar-refractivity contribution in [3.63, 3.8) is 0 Å². The van der Waals surface area contributed by atoms with Crippen molar-refractivity contribution >= 4 is 11.9 Å². The average Bonchev–Trinajstić information content (AvgIpc) is 2.07. The van der Waals surface area contributed by atoms with Gasteiger partial charge in [-0.1, -0.05) is 55.4 Å². The number of hydrogen-bond donors (Lipinski definition) is 0. The first-order valence-electron chi connectivity index (χ1n) is 8.02. The van der Waals surface area contributed by atoms with E-state index in [1.165, 1.54) is 0 Å². The van der Waals surface area contributed by atoms with Crippen LogP contribution in [-0.2, 0) is 14.3 Å². The molecule has 0 bridgehead atoms. The van der Waals surface area contributed by atoms with Crippen LogP contribution in [0.3, 0.4) is 0 Å². The Morgan fingerprint density at radius 1 is 0.762 bits per heavy atom. The van der Waals surface area contributed by atoms with Gasteiger partial charge in [-0.15, -0.1) is 0 Å². The van der Waals surface area contributed by atoms with Crippen LogP contribution in [0, 0.1) is 22.7 Å². The Morgan fingerprint density at radius 2 is 1.05 bits per heavy atom. The third-order valence-corrected chi connectivity index (χ3v) is 3.18. The summed E-state index contributed by atoms with van der Waals surface area (Å²) < 4.78 is 4.94. The van der Waals surface area contributed by atoms with Gasteiger partial charge in [-0.05, 0) is 35.5 Å². The molecule has 2 unspecified atom stereocenters. The molecule has 0 aromatic rings. The van der Waals surface area contributed by atoms with Crippen molar-refractivity contribution in [1.82, 2.24) is 0 Å². The monoisotopic (exact) mass is 298 g/mol. The summed E-state index contributed by atoms with van der Waals surface area (Å²) in [6, 6.07) is 0. The minimum absolute atomic E-state index is 0.185. The Morgan fingerprint density at radius 3 is 1.29 bits per heavy atom. The van der Waals surface area contributed by atoms with Gasteiger partial charge < -0.3 is 4.74 Å². The third kappa shape index (κ3) is 12.6. The lowest BCUT2D eigenvalue weighted by atomic mass is 9.84. The lowest BCUT2D eigenvalue weighted by molar-refractivity contribution is -0.160. The van der Waals surface area contributed by atoms with Crippen molar-refractivity contribution in [3.05, 3.63) is 0 Å². The Labute approximate surface area is 130 Å². The van der Waals surface area contributed by atoms with Crippen LogP contribution in [0.5, 0.6) is 0 Å². The molecule has 0 aromatic heterocycles. The van der Waals surface area contributed by atoms with Gasteiger partial charge in [0.25, 0.3) is 0 Å². The Balaban J connectivity index is 4.13. The van der Waals surface area contributed by atoms with Gasteiger partial charge in [0, 0.05) is 12.8 Å². The van der Waals surface area contributed by atoms with E-state index in [2.05, 4.69) is 41.5 Å². The van der Waals surface area contributed by atoms with Gasteiger partial charge in [-0.2, -0.15) is 0 Å². The van der Waals surface area contributed by atoms with Crippen molar-refractivity contribution < 1.29 is 14.3 Å². The maximum absolute atomic E-state index is 11.8. The summed E-state index contributed by atoms with van der Waals surface area (Å²) in [7, 11) is 0. The van der Waals surface area contributed by atoms with Gasteiger partial charge in [-0.3, -0.25) is 9.59 Å². The summed E-state index contributed by atoms with van der Waals surface area (Å²) in [4.78, 5) is 23.5. The van der Waals surface area contributed by atoms with E-state index in [0.29, 0.717) is 12.8 Å². The lowest BCUT2D eigenvalue weighted by Crippen LogP contribution is -2.20. The average molecular weight is 298 g/mol. The fourth-order valence-electron chi connectivity index (χ4n) is 3.01. The lowest BCUT2D eigenvalue weighted by Gasteiger charge is -2.23. The molecule has 0 radical (unpaired) electrons. The molecule has 0 N–H and O–H groups in total. The zero-order valence-electron chi connectivity index (χ0n) is 15.2. The van der Waals surface area contributed by atoms with Crippen molar-refractivity contribution in [2.75, 3.05) is 0 Å². The minimum atomic E-state index is -0.389. The smallest absolute Gasteiger partial charge is 0.313 e. The molecule has 0 saturated heterocycles. The summed E-state index contributed by atoms with van der Waals surface area (Å²) in [5.74, 6) is -0.311. The molecule has 2 atom stereocenters. The summed E-state index contributed by atoms with van der Waals surface area (Å²) in [6.07, 6.45) is 2.51. The zero-order valence-corrected chi connectivity index (χ0v) is 15.2. The molecule has 0 aliphatic rings. The molecule has 0 aliphatic heterocycles. The topological polar surface area (TPSA) is 43.4 Å². The molecule has 124 valence electrons. The van der Waals surface area contributed by atoms with Crippen molar-refractivity contribution in [1.29, 1.82) is 0 Å². The zero-order chi connectivity index (χ0) is 16.8. The van der Waals surface area contributed by atoms with Crippen LogP contribution in [0.1, 0.15) is 81.1 Å². The summed E-state index contributed by atoms with van der Waals surface area (Å²) in [5, 5.41) is 0. The highest BCUT2D eigenvalue weighted by molar-refractivity contribution is 5.85. The maximum atomic E-state index is 11.8. The van der Waals surface area contributed by atoms with Crippen LogP contribution in [-0.4, -0.2) is 11.9 Å². The fraction of sp³-hybridized carbons (Fsp3) is 0.889. The van der Waals surface area contributed by atoms with Gasteiger partial charge in [-0.25, -0.2) is 0 Å². The number of rotatable bonds is 6. The van der Waals surface area contributed by atoms with Crippen molar-refractivity contribution in [2.24, 2.45) is 22.7 Å². The van der Waals surface area contributed by atoms with E-state index >= 15 is 0 Å². The molecule has 0 aliphatic carbocycles. The molecular formula is C18H34O3. The fourth-order valence-corrected chi connectivity index (χ4v) is 3.01. The predicted molar refractivity (Wildman–Crippen MR) is 86.8 cm³/mol. The second-order valence-electron chi connectivity index (χ2n) is 8.99. The van der Waals surface area contributed by atoms with Gasteiger partial charge in [0.15, 0.2) is 0 Å². The van der Waals surface area contributed by atoms with Crippen molar-refractivity contribution in [3.8, 4) is 0 Å². The van der Waals surface area contributed by atoms with Crippen LogP contribution in [0.2, 0.25) is 0 Å². The largest absolute Gasteiger partial charge is 0.393 e. The van der Waals surface area contributed by atoms with E-state index in [4.69, 9.17) is 4.74 Å². The molecule has 0 saturated carbocycles. The van der Waals surface area contributed by atoms with E-state index in [9.17, 15) is 9.59 Å². The highest BCUT2D eigenvalue weighted by atomic mass is 16.6. The molecule has 3 nitrogen and oxygen atoms in total. The molecule has 21 heavy (non-hydrogen) atoms. The first kappa shape index (κ1) is 20.1. The van der Waals surface area contributed by atoms with E-state index in [-0.39, 0.29) is 34.6 Å². The number of ether oxygens (including phenoxy) is 1. The SMILES string of the molecule is CC(CC(=O)OC(=O)CC(C)CC(C)(C)C)CC(C)(C)C. The Bertz CT molecular complexity index is 310. The third-order valence-electron chi connectivity index (χ3n) is 3.18. The van der Waals surface area contributed by atoms with Crippen LogP contribution in [0.4, 0.5) is 0 Å². The molecule has 0 fully saturated rings. The highest BCUT2D eigenvalue weighted by Gasteiger charge is 2.22. The summed E-state index contributed by atoms with van der Waals surface area (Å²) >= 11 is 0. The molecular weight excluding hydrogens is 264 g/mol. The second-order valence-corrected chi connectivity index (χ2v) is 8.99. The van der Waals surface area contributed by atoms with E-state index in [1.807, 2.05) is 13.8 Å². The highest BCUT2D eigenvalue weighted by Crippen LogP contribution is 2.27. The number of carbonyl (C=O) groups is 2. The predicted octanol–water partition coefficient (Wildman–Crippen LogP) is 4.98. The minimum Gasteiger partial charge on any atom is -0.393 e. The number of esters is 2. The van der Waals surface area contributed by atoms with Gasteiger partial charge in [0.1, 0.15) is 0 Å². The summed E-state index contributed by atoms with van der Waals surface area (Å²) in [5.41, 5.74) is 0.371. The molecule has 0 amide bonds. The van der Waals surface area contributed by atoms with Crippen LogP contribution in [0.25, 0.3) is 0 Å². The first-order valence-corrected chi connectivity index (χ1v) is 8.02. The molecule has 0 aromatic carbocycles. The van der Waals surface area contributed by atoms with Gasteiger partial charge >= 0.3 is 11.9 Å². The van der Waals surface area contributed by atoms with Crippen LogP contribution in [0.15, 0.2) is 0 Å². The van der Waals surface area contributed by atoms with Gasteiger partial charge in [0.05, 0.1) is 0 Å². The van der Waals surface area contributed by atoms with Crippen LogP contribution < -0.4 is 0 Å². The van der Waals surface area contributed by atoms with Gasteiger partial charge in [0.2, 0.25) is 0 Å². The molecule has 0 spiro atoms. The number of hydrogen-bond acceptors (Lipinski definition) is 3. The summed E-state index contributed by atoms with van der Waals surface area (Å²) in [6.45, 7) is 16.9.